The summed E-state index contributed by atoms with van der Waals surface area (Å²) in [7, 11) is -5.30. The summed E-state index contributed by atoms with van der Waals surface area (Å²) in [4.78, 5) is -2.00. The van der Waals surface area contributed by atoms with E-state index in [0.29, 0.717) is 0 Å². The molecule has 0 bridgehead atoms. The van der Waals surface area contributed by atoms with Crippen LogP contribution in [0.3, 0.4) is 0 Å². The van der Waals surface area contributed by atoms with E-state index in [4.69, 9.17) is 28.6 Å². The number of alkyl halides is 3. The highest BCUT2D eigenvalue weighted by Gasteiger charge is 2.36. The van der Waals surface area contributed by atoms with E-state index in [0.717, 1.165) is 7.05 Å². The monoisotopic (exact) mass is 229 g/mol. The van der Waals surface area contributed by atoms with Gasteiger partial charge in [0.05, 0.1) is 4.97 Å². The zero-order valence-electron chi connectivity index (χ0n) is 6.06. The van der Waals surface area contributed by atoms with Crippen LogP contribution in [0.5, 0.6) is 0 Å². The standard InChI is InChI=1S/CHF3O3S.CH6NO3/c2-1(3,4)8(5,6)7;1-2(3,4)5/h(H,5,6,7);3-5H,1H3/q;+1/p-1. The molecule has 3 N–H and O–H groups in total. The highest BCUT2D eigenvalue weighted by molar-refractivity contribution is 7.86. The van der Waals surface area contributed by atoms with Crippen molar-refractivity contribution in [1.82, 2.24) is 0 Å². The molecule has 82 valence electrons. The minimum Gasteiger partial charge on any atom is -0.741 e. The Morgan fingerprint density at radius 3 is 1.31 bits per heavy atom. The molecular weight excluding hydrogens is 223 g/mol. The van der Waals surface area contributed by atoms with Gasteiger partial charge in [-0.15, -0.1) is 15.6 Å². The van der Waals surface area contributed by atoms with Crippen LogP contribution < -0.4 is 0 Å². The molecular formula is C2H6F3NO6S. The number of halogens is 3. The average Bonchev–Trinajstić information content (AvgIpc) is 1.50. The molecule has 0 spiro atoms. The zero-order valence-corrected chi connectivity index (χ0v) is 6.87. The van der Waals surface area contributed by atoms with Gasteiger partial charge in [-0.3, -0.25) is 0 Å². The summed E-state index contributed by atoms with van der Waals surface area (Å²) in [6, 6.07) is 0. The third-order valence-electron chi connectivity index (χ3n) is 0.283. The van der Waals surface area contributed by atoms with Crippen LogP contribution >= 0.6 is 0 Å². The number of hydrogen-bond donors (Lipinski definition) is 3. The molecule has 0 rings (SSSR count). The van der Waals surface area contributed by atoms with E-state index in [1.165, 1.54) is 0 Å². The van der Waals surface area contributed by atoms with E-state index in [9.17, 15) is 13.2 Å². The maximum atomic E-state index is 10.7. The first-order valence-corrected chi connectivity index (χ1v) is 3.73. The molecule has 0 aliphatic heterocycles. The lowest BCUT2D eigenvalue weighted by Crippen LogP contribution is -2.30. The van der Waals surface area contributed by atoms with Crippen LogP contribution in [-0.4, -0.2) is 46.1 Å². The number of hydroxylamine groups is 3. The fourth-order valence-corrected chi connectivity index (χ4v) is 0. The number of rotatable bonds is 0. The van der Waals surface area contributed by atoms with Gasteiger partial charge in [-0.2, -0.15) is 13.2 Å². The van der Waals surface area contributed by atoms with Crippen molar-refractivity contribution < 1.29 is 46.7 Å². The molecule has 0 heterocycles. The van der Waals surface area contributed by atoms with Crippen molar-refractivity contribution >= 4 is 10.1 Å². The van der Waals surface area contributed by atoms with Gasteiger partial charge < -0.3 is 4.55 Å². The minimum atomic E-state index is -6.09. The summed E-state index contributed by atoms with van der Waals surface area (Å²) in [5, 5.41) is 22.7. The van der Waals surface area contributed by atoms with Crippen molar-refractivity contribution in [3.63, 3.8) is 0 Å². The molecule has 0 unspecified atom stereocenters. The van der Waals surface area contributed by atoms with Crippen molar-refractivity contribution in [2.45, 2.75) is 5.51 Å². The normalized spacial score (nSPS) is 13.2. The molecule has 0 aromatic heterocycles. The first kappa shape index (κ1) is 15.0. The van der Waals surface area contributed by atoms with Crippen LogP contribution in [0.4, 0.5) is 13.2 Å². The Morgan fingerprint density at radius 2 is 1.31 bits per heavy atom. The lowest BCUT2D eigenvalue weighted by molar-refractivity contribution is -1.36. The molecule has 7 nitrogen and oxygen atoms in total. The predicted molar refractivity (Wildman–Crippen MR) is 27.3 cm³/mol. The quantitative estimate of drug-likeness (QED) is 0.226. The largest absolute Gasteiger partial charge is 0.741 e. The van der Waals surface area contributed by atoms with Crippen molar-refractivity contribution in [3.05, 3.63) is 0 Å². The van der Waals surface area contributed by atoms with Gasteiger partial charge in [0.2, 0.25) is 0 Å². The Kier molecular flexibility index (Phi) is 4.82. The van der Waals surface area contributed by atoms with Crippen molar-refractivity contribution in [2.75, 3.05) is 7.05 Å². The molecule has 0 saturated carbocycles. The summed E-state index contributed by atoms with van der Waals surface area (Å²) >= 11 is 0. The lowest BCUT2D eigenvalue weighted by Gasteiger charge is -2.08. The van der Waals surface area contributed by atoms with Gasteiger partial charge in [0.15, 0.2) is 17.2 Å². The van der Waals surface area contributed by atoms with Gasteiger partial charge in [0, 0.05) is 0 Å². The second-order valence-corrected chi connectivity index (χ2v) is 3.14. The number of nitrogens with zero attached hydrogens (tertiary/aromatic N) is 1. The molecule has 0 aliphatic rings. The van der Waals surface area contributed by atoms with Crippen LogP contribution in [0.15, 0.2) is 0 Å². The number of quaternary nitrogens is 1. The second kappa shape index (κ2) is 4.17. The molecule has 0 radical (unpaired) electrons. The fraction of sp³-hybridized carbons (Fsp3) is 1.00. The van der Waals surface area contributed by atoms with Crippen LogP contribution in [0, 0.1) is 0 Å². The number of hydrogen-bond acceptors (Lipinski definition) is 6. The third-order valence-corrected chi connectivity index (χ3v) is 0.850. The maximum Gasteiger partial charge on any atom is 0.485 e. The van der Waals surface area contributed by atoms with E-state index < -0.39 is 20.6 Å². The molecule has 0 atom stereocenters. The molecule has 0 amide bonds. The van der Waals surface area contributed by atoms with Gasteiger partial charge in [-0.25, -0.2) is 8.42 Å². The highest BCUT2D eigenvalue weighted by Crippen LogP contribution is 2.20. The van der Waals surface area contributed by atoms with Crippen molar-refractivity contribution in [2.24, 2.45) is 0 Å². The lowest BCUT2D eigenvalue weighted by atomic mass is 11.5. The van der Waals surface area contributed by atoms with Crippen LogP contribution in [0.1, 0.15) is 0 Å². The van der Waals surface area contributed by atoms with Gasteiger partial charge in [0.25, 0.3) is 0 Å². The SMILES string of the molecule is C[N+](O)(O)O.O=S(=O)([O-])C(F)(F)F. The molecule has 0 aromatic rings. The highest BCUT2D eigenvalue weighted by atomic mass is 32.2. The smallest absolute Gasteiger partial charge is 0.485 e. The summed E-state index contributed by atoms with van der Waals surface area (Å²) in [5.41, 5.74) is -5.65. The minimum absolute atomic E-state index is 0.792. The summed E-state index contributed by atoms with van der Waals surface area (Å²) < 4.78 is 58.9. The Balaban J connectivity index is 0. The molecule has 13 heavy (non-hydrogen) atoms. The zero-order chi connectivity index (χ0) is 11.5. The molecule has 0 fully saturated rings. The first-order valence-electron chi connectivity index (χ1n) is 2.32. The fourth-order valence-electron chi connectivity index (χ4n) is 0. The average molecular weight is 229 g/mol. The predicted octanol–water partition coefficient (Wildman–Crippen LogP) is -0.348. The van der Waals surface area contributed by atoms with Crippen LogP contribution in [0.25, 0.3) is 0 Å². The van der Waals surface area contributed by atoms with Gasteiger partial charge in [-0.05, 0) is 0 Å². The molecule has 0 aliphatic carbocycles. The first-order chi connectivity index (χ1) is 5.25. The van der Waals surface area contributed by atoms with E-state index in [1.807, 2.05) is 0 Å². The van der Waals surface area contributed by atoms with E-state index in [-0.39, 0.29) is 0 Å². The van der Waals surface area contributed by atoms with Gasteiger partial charge in [0.1, 0.15) is 0 Å². The van der Waals surface area contributed by atoms with Crippen LogP contribution in [0.2, 0.25) is 0 Å². The Hall–Kier alpha value is -0.460. The van der Waals surface area contributed by atoms with Crippen LogP contribution in [-0.2, 0) is 10.1 Å². The van der Waals surface area contributed by atoms with E-state index in [1.54, 1.807) is 0 Å². The third kappa shape index (κ3) is 14.4. The molecule has 11 heteroatoms. The van der Waals surface area contributed by atoms with Crippen molar-refractivity contribution in [1.29, 1.82) is 0 Å². The summed E-state index contributed by atoms with van der Waals surface area (Å²) in [6.07, 6.45) is 0. The van der Waals surface area contributed by atoms with E-state index in [2.05, 4.69) is 0 Å². The topological polar surface area (TPSA) is 118 Å². The Labute approximate surface area is 70.4 Å². The van der Waals surface area contributed by atoms with Gasteiger partial charge in [-0.1, -0.05) is 0 Å². The second-order valence-electron chi connectivity index (χ2n) is 1.77. The summed E-state index contributed by atoms with van der Waals surface area (Å²) in [6.45, 7) is 0. The summed E-state index contributed by atoms with van der Waals surface area (Å²) in [5.74, 6) is 0. The Bertz CT molecular complexity index is 232. The maximum absolute atomic E-state index is 10.7. The molecule has 0 saturated heterocycles. The Morgan fingerprint density at radius 1 is 1.23 bits per heavy atom. The molecule has 0 aromatic carbocycles. The van der Waals surface area contributed by atoms with E-state index >= 15 is 0 Å². The van der Waals surface area contributed by atoms with Gasteiger partial charge >= 0.3 is 5.51 Å². The van der Waals surface area contributed by atoms with Crippen molar-refractivity contribution in [3.8, 4) is 0 Å².